The Kier molecular flexibility index (Phi) is 3.45. The van der Waals surface area contributed by atoms with E-state index in [1.54, 1.807) is 24.4 Å². The second-order valence-electron chi connectivity index (χ2n) is 3.74. The van der Waals surface area contributed by atoms with E-state index in [1.165, 1.54) is 11.9 Å². The third kappa shape index (κ3) is 2.58. The summed E-state index contributed by atoms with van der Waals surface area (Å²) in [5.74, 6) is -3.78. The molecule has 0 atom stereocenters. The molecule has 18 heavy (non-hydrogen) atoms. The Balaban J connectivity index is 2.24. The fourth-order valence-electron chi connectivity index (χ4n) is 1.51. The molecule has 94 valence electrons. The number of hydrogen-bond acceptors (Lipinski definition) is 3. The number of halogens is 3. The van der Waals surface area contributed by atoms with Gasteiger partial charge in [-0.05, 0) is 12.1 Å². The lowest BCUT2D eigenvalue weighted by Crippen LogP contribution is -2.20. The molecule has 0 aliphatic heterocycles. The van der Waals surface area contributed by atoms with E-state index in [-0.39, 0.29) is 12.4 Å². The van der Waals surface area contributed by atoms with Gasteiger partial charge in [-0.3, -0.25) is 4.98 Å². The van der Waals surface area contributed by atoms with Gasteiger partial charge in [-0.25, -0.2) is 8.78 Å². The highest BCUT2D eigenvalue weighted by atomic mass is 19.2. The summed E-state index contributed by atoms with van der Waals surface area (Å²) < 4.78 is 39.2. The Labute approximate surface area is 102 Å². The highest BCUT2D eigenvalue weighted by molar-refractivity contribution is 5.39. The lowest BCUT2D eigenvalue weighted by Gasteiger charge is -2.18. The van der Waals surface area contributed by atoms with Crippen LogP contribution in [0, 0.1) is 17.6 Å². The zero-order valence-electron chi connectivity index (χ0n) is 9.57. The first-order valence-corrected chi connectivity index (χ1v) is 5.20. The SMILES string of the molecule is CN(Cc1ccccn1)c1nc(F)c(F)cc1F. The first-order chi connectivity index (χ1) is 8.58. The molecule has 3 nitrogen and oxygen atoms in total. The molecule has 0 aliphatic carbocycles. The van der Waals surface area contributed by atoms with Crippen molar-refractivity contribution in [1.29, 1.82) is 0 Å². The van der Waals surface area contributed by atoms with E-state index in [0.717, 1.165) is 0 Å². The van der Waals surface area contributed by atoms with Crippen molar-refractivity contribution in [2.75, 3.05) is 11.9 Å². The first-order valence-electron chi connectivity index (χ1n) is 5.20. The largest absolute Gasteiger partial charge is 0.351 e. The standard InChI is InChI=1S/C12H10F3N3/c1-18(7-8-4-2-3-5-16-8)12-10(14)6-9(13)11(15)17-12/h2-6H,7H2,1H3. The van der Waals surface area contributed by atoms with Crippen LogP contribution in [0.15, 0.2) is 30.5 Å². The van der Waals surface area contributed by atoms with Crippen molar-refractivity contribution in [3.63, 3.8) is 0 Å². The van der Waals surface area contributed by atoms with Crippen LogP contribution in [0.3, 0.4) is 0 Å². The van der Waals surface area contributed by atoms with Crippen molar-refractivity contribution in [1.82, 2.24) is 9.97 Å². The minimum Gasteiger partial charge on any atom is -0.351 e. The Morgan fingerprint density at radius 3 is 2.61 bits per heavy atom. The number of anilines is 1. The Hall–Kier alpha value is -2.11. The normalized spacial score (nSPS) is 10.4. The van der Waals surface area contributed by atoms with Crippen LogP contribution >= 0.6 is 0 Å². The summed E-state index contributed by atoms with van der Waals surface area (Å²) in [5.41, 5.74) is 0.672. The number of aromatic nitrogens is 2. The summed E-state index contributed by atoms with van der Waals surface area (Å²) in [6.45, 7) is 0.246. The molecule has 2 aromatic rings. The molecule has 0 N–H and O–H groups in total. The Bertz CT molecular complexity index is 546. The van der Waals surface area contributed by atoms with Gasteiger partial charge in [-0.1, -0.05) is 6.07 Å². The maximum atomic E-state index is 13.5. The molecule has 0 amide bonds. The topological polar surface area (TPSA) is 29.0 Å². The number of rotatable bonds is 3. The molecule has 2 heterocycles. The first kappa shape index (κ1) is 12.3. The minimum absolute atomic E-state index is 0.246. The van der Waals surface area contributed by atoms with Gasteiger partial charge in [0.05, 0.1) is 12.2 Å². The molecule has 0 radical (unpaired) electrons. The van der Waals surface area contributed by atoms with Crippen LogP contribution in [-0.4, -0.2) is 17.0 Å². The molecule has 0 bridgehead atoms. The summed E-state index contributed by atoms with van der Waals surface area (Å²) in [7, 11) is 1.53. The smallest absolute Gasteiger partial charge is 0.251 e. The van der Waals surface area contributed by atoms with Crippen LogP contribution in [0.1, 0.15) is 5.69 Å². The van der Waals surface area contributed by atoms with Crippen LogP contribution < -0.4 is 4.90 Å². The van der Waals surface area contributed by atoms with Crippen molar-refractivity contribution >= 4 is 5.82 Å². The summed E-state index contributed by atoms with van der Waals surface area (Å²) in [5, 5.41) is 0. The van der Waals surface area contributed by atoms with Crippen molar-refractivity contribution in [2.24, 2.45) is 0 Å². The maximum Gasteiger partial charge on any atom is 0.251 e. The monoisotopic (exact) mass is 253 g/mol. The molecule has 0 spiro atoms. The van der Waals surface area contributed by atoms with Crippen LogP contribution in [-0.2, 0) is 6.54 Å². The van der Waals surface area contributed by atoms with E-state index in [1.807, 2.05) is 0 Å². The third-order valence-electron chi connectivity index (χ3n) is 2.36. The van der Waals surface area contributed by atoms with Crippen molar-refractivity contribution in [3.8, 4) is 0 Å². The molecule has 0 aromatic carbocycles. The lowest BCUT2D eigenvalue weighted by atomic mass is 10.3. The van der Waals surface area contributed by atoms with E-state index >= 15 is 0 Å². The average Bonchev–Trinajstić information content (AvgIpc) is 2.35. The van der Waals surface area contributed by atoms with Crippen molar-refractivity contribution < 1.29 is 13.2 Å². The highest BCUT2D eigenvalue weighted by Gasteiger charge is 2.15. The van der Waals surface area contributed by atoms with E-state index in [0.29, 0.717) is 11.8 Å². The molecule has 6 heteroatoms. The molecule has 0 saturated heterocycles. The molecule has 0 fully saturated rings. The van der Waals surface area contributed by atoms with E-state index in [2.05, 4.69) is 9.97 Å². The molecular formula is C12H10F3N3. The number of pyridine rings is 2. The van der Waals surface area contributed by atoms with Gasteiger partial charge in [0.15, 0.2) is 17.5 Å². The lowest BCUT2D eigenvalue weighted by molar-refractivity contribution is 0.463. The van der Waals surface area contributed by atoms with Crippen molar-refractivity contribution in [3.05, 3.63) is 53.7 Å². The van der Waals surface area contributed by atoms with Crippen LogP contribution in [0.25, 0.3) is 0 Å². The van der Waals surface area contributed by atoms with Crippen molar-refractivity contribution in [2.45, 2.75) is 6.54 Å². The summed E-state index contributed by atoms with van der Waals surface area (Å²) in [4.78, 5) is 8.67. The fourth-order valence-corrected chi connectivity index (χ4v) is 1.51. The van der Waals surface area contributed by atoms with Crippen LogP contribution in [0.5, 0.6) is 0 Å². The van der Waals surface area contributed by atoms with Gasteiger partial charge in [0.1, 0.15) is 0 Å². The van der Waals surface area contributed by atoms with Gasteiger partial charge in [-0.15, -0.1) is 0 Å². The maximum absolute atomic E-state index is 13.5. The van der Waals surface area contributed by atoms with E-state index < -0.39 is 17.6 Å². The summed E-state index contributed by atoms with van der Waals surface area (Å²) >= 11 is 0. The average molecular weight is 253 g/mol. The quantitative estimate of drug-likeness (QED) is 0.787. The fraction of sp³-hybridized carbons (Fsp3) is 0.167. The van der Waals surface area contributed by atoms with Crippen LogP contribution in [0.2, 0.25) is 0 Å². The third-order valence-corrected chi connectivity index (χ3v) is 2.36. The zero-order valence-corrected chi connectivity index (χ0v) is 9.57. The van der Waals surface area contributed by atoms with Gasteiger partial charge < -0.3 is 4.90 Å². The number of hydrogen-bond donors (Lipinski definition) is 0. The van der Waals surface area contributed by atoms with E-state index in [9.17, 15) is 13.2 Å². The zero-order chi connectivity index (χ0) is 13.1. The summed E-state index contributed by atoms with van der Waals surface area (Å²) in [6.07, 6.45) is 1.60. The van der Waals surface area contributed by atoms with E-state index in [4.69, 9.17) is 0 Å². The Morgan fingerprint density at radius 1 is 1.17 bits per heavy atom. The van der Waals surface area contributed by atoms with Gasteiger partial charge in [0, 0.05) is 19.3 Å². The minimum atomic E-state index is -1.32. The number of nitrogens with zero attached hydrogens (tertiary/aromatic N) is 3. The Morgan fingerprint density at radius 2 is 1.94 bits per heavy atom. The molecule has 0 unspecified atom stereocenters. The second-order valence-corrected chi connectivity index (χ2v) is 3.74. The van der Waals surface area contributed by atoms with Crippen LogP contribution in [0.4, 0.5) is 19.0 Å². The van der Waals surface area contributed by atoms with Gasteiger partial charge in [-0.2, -0.15) is 9.37 Å². The molecular weight excluding hydrogens is 243 g/mol. The van der Waals surface area contributed by atoms with Gasteiger partial charge in [0.2, 0.25) is 0 Å². The van der Waals surface area contributed by atoms with Gasteiger partial charge in [0.25, 0.3) is 5.95 Å². The second kappa shape index (κ2) is 5.03. The molecule has 0 saturated carbocycles. The van der Waals surface area contributed by atoms with Gasteiger partial charge >= 0.3 is 0 Å². The summed E-state index contributed by atoms with van der Waals surface area (Å²) in [6, 6.07) is 5.76. The predicted molar refractivity (Wildman–Crippen MR) is 60.5 cm³/mol. The molecule has 0 aliphatic rings. The highest BCUT2D eigenvalue weighted by Crippen LogP contribution is 2.18. The predicted octanol–water partition coefficient (Wildman–Crippen LogP) is 2.53. The molecule has 2 rings (SSSR count). The molecule has 2 aromatic heterocycles.